The van der Waals surface area contributed by atoms with Crippen LogP contribution in [0.1, 0.15) is 39.0 Å². The lowest BCUT2D eigenvalue weighted by molar-refractivity contribution is -0.153. The molecule has 1 aliphatic carbocycles. The summed E-state index contributed by atoms with van der Waals surface area (Å²) in [5.74, 6) is -1.20. The van der Waals surface area contributed by atoms with E-state index in [0.29, 0.717) is 25.4 Å². The number of morpholine rings is 1. The fourth-order valence-electron chi connectivity index (χ4n) is 4.05. The van der Waals surface area contributed by atoms with Gasteiger partial charge in [-0.2, -0.15) is 0 Å². The molecule has 5 nitrogen and oxygen atoms in total. The highest BCUT2D eigenvalue weighted by molar-refractivity contribution is 5.85. The van der Waals surface area contributed by atoms with E-state index in [2.05, 4.69) is 6.92 Å². The summed E-state index contributed by atoms with van der Waals surface area (Å²) >= 11 is 0. The van der Waals surface area contributed by atoms with E-state index in [1.54, 1.807) is 0 Å². The fraction of sp³-hybridized carbons (Fsp3) is 0.867. The number of likely N-dealkylation sites (tertiary alicyclic amines) is 1. The first-order chi connectivity index (χ1) is 9.58. The number of carbonyl (C=O) groups excluding carboxylic acids is 1. The van der Waals surface area contributed by atoms with Crippen molar-refractivity contribution < 1.29 is 19.4 Å². The predicted octanol–water partition coefficient (Wildman–Crippen LogP) is 1.51. The van der Waals surface area contributed by atoms with Crippen molar-refractivity contribution in [3.05, 3.63) is 0 Å². The van der Waals surface area contributed by atoms with Gasteiger partial charge in [0.15, 0.2) is 0 Å². The van der Waals surface area contributed by atoms with Gasteiger partial charge in [0.25, 0.3) is 0 Å². The topological polar surface area (TPSA) is 66.8 Å². The van der Waals surface area contributed by atoms with E-state index in [-0.39, 0.29) is 24.0 Å². The van der Waals surface area contributed by atoms with Crippen molar-refractivity contribution in [1.82, 2.24) is 4.90 Å². The third-order valence-electron chi connectivity index (χ3n) is 5.23. The Labute approximate surface area is 119 Å². The minimum Gasteiger partial charge on any atom is -0.481 e. The van der Waals surface area contributed by atoms with Crippen LogP contribution in [0.4, 0.5) is 0 Å². The second kappa shape index (κ2) is 5.35. The van der Waals surface area contributed by atoms with Gasteiger partial charge in [0.2, 0.25) is 5.91 Å². The zero-order chi connectivity index (χ0) is 14.3. The summed E-state index contributed by atoms with van der Waals surface area (Å²) in [5.41, 5.74) is 0. The maximum atomic E-state index is 12.7. The van der Waals surface area contributed by atoms with Crippen LogP contribution in [0.15, 0.2) is 0 Å². The van der Waals surface area contributed by atoms with E-state index in [4.69, 9.17) is 4.74 Å². The smallest absolute Gasteiger partial charge is 0.307 e. The predicted molar refractivity (Wildman–Crippen MR) is 72.1 cm³/mol. The Bertz CT molecular complexity index is 399. The van der Waals surface area contributed by atoms with Crippen LogP contribution in [0.5, 0.6) is 0 Å². The first kappa shape index (κ1) is 13.9. The molecule has 5 heteroatoms. The van der Waals surface area contributed by atoms with E-state index in [1.165, 1.54) is 0 Å². The van der Waals surface area contributed by atoms with Crippen molar-refractivity contribution in [3.8, 4) is 0 Å². The highest BCUT2D eigenvalue weighted by Crippen LogP contribution is 2.40. The summed E-state index contributed by atoms with van der Waals surface area (Å²) < 4.78 is 5.75. The summed E-state index contributed by atoms with van der Waals surface area (Å²) in [6.45, 7) is 3.37. The molecule has 5 atom stereocenters. The third-order valence-corrected chi connectivity index (χ3v) is 5.23. The monoisotopic (exact) mass is 281 g/mol. The van der Waals surface area contributed by atoms with Crippen molar-refractivity contribution in [2.45, 2.75) is 51.2 Å². The van der Waals surface area contributed by atoms with Gasteiger partial charge in [0.1, 0.15) is 0 Å². The van der Waals surface area contributed by atoms with Gasteiger partial charge < -0.3 is 14.7 Å². The van der Waals surface area contributed by atoms with Crippen LogP contribution in [-0.2, 0) is 14.3 Å². The van der Waals surface area contributed by atoms with Gasteiger partial charge in [0.05, 0.1) is 24.0 Å². The quantitative estimate of drug-likeness (QED) is 0.851. The van der Waals surface area contributed by atoms with Gasteiger partial charge in [-0.3, -0.25) is 9.59 Å². The molecule has 3 fully saturated rings. The number of rotatable bonds is 3. The number of carbonyl (C=O) groups is 2. The first-order valence-corrected chi connectivity index (χ1v) is 7.75. The van der Waals surface area contributed by atoms with Crippen molar-refractivity contribution in [3.63, 3.8) is 0 Å². The molecular weight excluding hydrogens is 258 g/mol. The summed E-state index contributed by atoms with van der Waals surface area (Å²) in [5, 5.41) is 9.37. The molecule has 0 spiro atoms. The van der Waals surface area contributed by atoms with Gasteiger partial charge in [-0.05, 0) is 31.6 Å². The lowest BCUT2D eigenvalue weighted by atomic mass is 9.94. The molecule has 0 aromatic rings. The Kier molecular flexibility index (Phi) is 3.71. The number of aliphatic carboxylic acids is 1. The Balaban J connectivity index is 1.70. The van der Waals surface area contributed by atoms with Crippen LogP contribution < -0.4 is 0 Å². The summed E-state index contributed by atoms with van der Waals surface area (Å²) in [6, 6.07) is 0. The molecular formula is C15H23NO4. The number of hydrogen-bond acceptors (Lipinski definition) is 3. The molecule has 0 aromatic heterocycles. The molecule has 2 saturated heterocycles. The summed E-state index contributed by atoms with van der Waals surface area (Å²) in [4.78, 5) is 26.0. The van der Waals surface area contributed by atoms with Gasteiger partial charge in [-0.15, -0.1) is 0 Å². The van der Waals surface area contributed by atoms with Crippen LogP contribution in [0, 0.1) is 17.8 Å². The van der Waals surface area contributed by atoms with Gasteiger partial charge in [-0.1, -0.05) is 13.3 Å². The zero-order valence-electron chi connectivity index (χ0n) is 12.0. The number of nitrogens with zero attached hydrogens (tertiary/aromatic N) is 1. The van der Waals surface area contributed by atoms with Crippen molar-refractivity contribution in [1.29, 1.82) is 0 Å². The normalized spacial score (nSPS) is 40.0. The van der Waals surface area contributed by atoms with Crippen molar-refractivity contribution >= 4 is 11.9 Å². The molecule has 0 aromatic carbocycles. The highest BCUT2D eigenvalue weighted by atomic mass is 16.5. The van der Waals surface area contributed by atoms with Gasteiger partial charge >= 0.3 is 5.97 Å². The van der Waals surface area contributed by atoms with E-state index < -0.39 is 11.9 Å². The Morgan fingerprint density at radius 1 is 1.15 bits per heavy atom. The fourth-order valence-corrected chi connectivity index (χ4v) is 4.05. The van der Waals surface area contributed by atoms with E-state index >= 15 is 0 Å². The standard InChI is InChI=1S/C15H23NO4/c1-2-9-5-12(13(6-9)15(18)19)14(17)16-7-10-3-4-11(8-16)20-10/h9-13H,2-8H2,1H3,(H,18,19)/t9?,10?,11?,12-,13+/m0/s1. The number of hydrogen-bond donors (Lipinski definition) is 1. The van der Waals surface area contributed by atoms with E-state index in [9.17, 15) is 14.7 Å². The Morgan fingerprint density at radius 2 is 1.75 bits per heavy atom. The molecule has 1 saturated carbocycles. The molecule has 2 aliphatic heterocycles. The van der Waals surface area contributed by atoms with Crippen LogP contribution >= 0.6 is 0 Å². The minimum absolute atomic E-state index is 0.0496. The molecule has 2 heterocycles. The van der Waals surface area contributed by atoms with Crippen molar-refractivity contribution in [2.75, 3.05) is 13.1 Å². The van der Waals surface area contributed by atoms with Crippen LogP contribution in [0.25, 0.3) is 0 Å². The van der Waals surface area contributed by atoms with Crippen molar-refractivity contribution in [2.24, 2.45) is 17.8 Å². The maximum absolute atomic E-state index is 12.7. The molecule has 20 heavy (non-hydrogen) atoms. The second-order valence-electron chi connectivity index (χ2n) is 6.50. The molecule has 1 N–H and O–H groups in total. The number of carboxylic acid groups (broad SMARTS) is 1. The molecule has 112 valence electrons. The molecule has 3 aliphatic rings. The first-order valence-electron chi connectivity index (χ1n) is 7.75. The lowest BCUT2D eigenvalue weighted by Gasteiger charge is -2.34. The molecule has 0 radical (unpaired) electrons. The average Bonchev–Trinajstić information content (AvgIpc) is 3.01. The number of carboxylic acids is 1. The third kappa shape index (κ3) is 2.43. The number of ether oxygens (including phenoxy) is 1. The zero-order valence-corrected chi connectivity index (χ0v) is 12.0. The Hall–Kier alpha value is -1.10. The summed E-state index contributed by atoms with van der Waals surface area (Å²) in [6.07, 6.45) is 4.74. The van der Waals surface area contributed by atoms with Crippen LogP contribution in [0.3, 0.4) is 0 Å². The second-order valence-corrected chi connectivity index (χ2v) is 6.50. The SMILES string of the molecule is CCC1C[C@H](C(=O)N2CC3CCC(C2)O3)[C@H](C(=O)O)C1. The molecule has 3 rings (SSSR count). The van der Waals surface area contributed by atoms with Crippen LogP contribution in [-0.4, -0.2) is 47.2 Å². The van der Waals surface area contributed by atoms with E-state index in [1.807, 2.05) is 4.90 Å². The molecule has 2 bridgehead atoms. The van der Waals surface area contributed by atoms with Gasteiger partial charge in [0, 0.05) is 13.1 Å². The lowest BCUT2D eigenvalue weighted by Crippen LogP contribution is -2.49. The van der Waals surface area contributed by atoms with Crippen LogP contribution in [0.2, 0.25) is 0 Å². The summed E-state index contributed by atoms with van der Waals surface area (Å²) in [7, 11) is 0. The number of fused-ring (bicyclic) bond motifs is 2. The number of amides is 1. The molecule has 1 amide bonds. The minimum atomic E-state index is -0.810. The largest absolute Gasteiger partial charge is 0.481 e. The van der Waals surface area contributed by atoms with Gasteiger partial charge in [-0.25, -0.2) is 0 Å². The average molecular weight is 281 g/mol. The Morgan fingerprint density at radius 3 is 2.30 bits per heavy atom. The maximum Gasteiger partial charge on any atom is 0.307 e. The highest BCUT2D eigenvalue weighted by Gasteiger charge is 2.45. The molecule has 3 unspecified atom stereocenters. The van der Waals surface area contributed by atoms with E-state index in [0.717, 1.165) is 25.7 Å².